The molecule has 10 aliphatic rings. The van der Waals surface area contributed by atoms with Gasteiger partial charge < -0.3 is 54.2 Å². The Bertz CT molecular complexity index is 2030. The summed E-state index contributed by atoms with van der Waals surface area (Å²) in [6, 6.07) is 0. The first-order chi connectivity index (χ1) is 35.5. The van der Waals surface area contributed by atoms with E-state index in [9.17, 15) is 24.0 Å². The van der Waals surface area contributed by atoms with E-state index in [1.54, 1.807) is 0 Å². The molecule has 0 spiro atoms. The van der Waals surface area contributed by atoms with Crippen molar-refractivity contribution in [2.75, 3.05) is 32.7 Å². The van der Waals surface area contributed by atoms with Crippen LogP contribution in [0.4, 0.5) is 0 Å². The summed E-state index contributed by atoms with van der Waals surface area (Å²) >= 11 is 0. The molecule has 0 unspecified atom stereocenters. The smallest absolute Gasteiger partial charge is 0.303 e. The zero-order valence-corrected chi connectivity index (χ0v) is 46.0. The van der Waals surface area contributed by atoms with E-state index >= 15 is 0 Å². The highest BCUT2D eigenvalue weighted by Crippen LogP contribution is 2.64. The zero-order valence-electron chi connectivity index (χ0n) is 46.0. The Balaban J connectivity index is 0.000000152. The van der Waals surface area contributed by atoms with Crippen molar-refractivity contribution in [2.24, 2.45) is 115 Å². The maximum Gasteiger partial charge on any atom is 0.303 e. The number of allylic oxidation sites excluding steroid dienone is 10. The van der Waals surface area contributed by atoms with Crippen LogP contribution in [0.25, 0.3) is 0 Å². The Morgan fingerprint density at radius 2 is 0.653 bits per heavy atom. The molecule has 15 nitrogen and oxygen atoms in total. The average molecular weight is 1050 g/mol. The van der Waals surface area contributed by atoms with Gasteiger partial charge in [-0.1, -0.05) is 85.9 Å². The van der Waals surface area contributed by atoms with Gasteiger partial charge in [0, 0.05) is 0 Å². The van der Waals surface area contributed by atoms with E-state index < -0.39 is 29.8 Å². The van der Waals surface area contributed by atoms with Gasteiger partial charge in [0.2, 0.25) is 0 Å². The third-order valence-corrected chi connectivity index (χ3v) is 21.1. The summed E-state index contributed by atoms with van der Waals surface area (Å²) in [5.74, 6) is 2.18. The molecule has 0 aromatic rings. The SMILES string of the molecule is CC=C1C[C@H]2C[C@@](CN)(CC(=O)O)[C@H]2C1.CCC1=C[C@@H]2[C@H](C1)C[C@@]2(CN)CC(=O)O.CCC1=C[C@@H]2[C@H](C1)C[C@]2(CN)CC(=O)O.CCC1=C[C@@H]2[C@H](C1)C[C@]2(CN)CC(=O)O.CCC1=C[C@H]2[C@@H](C1)C[C@@]2(CN)CC(=O)O. The standard InChI is InChI=1S/5C12H19NO2/c5*1-2-8-3-9-5-12(7-13,6-11(14)15)10(9)4-8/h4*4,9-10H,2-3,5-7,13H2,1H3,(H,14,15);2,9-10H,3-7,13H2,1H3,(H,14,15)/t9-,10-,12+;4*9-,10-,12-/m11100/s1. The van der Waals surface area contributed by atoms with E-state index in [-0.39, 0.29) is 59.2 Å². The quantitative estimate of drug-likeness (QED) is 0.0540. The van der Waals surface area contributed by atoms with Crippen molar-refractivity contribution < 1.29 is 49.5 Å². The fourth-order valence-corrected chi connectivity index (χ4v) is 16.9. The van der Waals surface area contributed by atoms with Crippen molar-refractivity contribution >= 4 is 29.8 Å². The van der Waals surface area contributed by atoms with Crippen molar-refractivity contribution in [3.05, 3.63) is 58.2 Å². The molecular formula is C60H95N5O10. The van der Waals surface area contributed by atoms with Gasteiger partial charge in [0.15, 0.2) is 0 Å². The molecule has 6 saturated carbocycles. The Morgan fingerprint density at radius 1 is 0.413 bits per heavy atom. The van der Waals surface area contributed by atoms with Crippen LogP contribution in [-0.4, -0.2) is 88.1 Å². The lowest BCUT2D eigenvalue weighted by Crippen LogP contribution is -2.51. The summed E-state index contributed by atoms with van der Waals surface area (Å²) in [6.07, 6.45) is 28.9. The predicted octanol–water partition coefficient (Wildman–Crippen LogP) is 8.91. The van der Waals surface area contributed by atoms with Crippen LogP contribution in [0, 0.1) is 86.3 Å². The predicted molar refractivity (Wildman–Crippen MR) is 292 cm³/mol. The highest BCUT2D eigenvalue weighted by Gasteiger charge is 2.59. The van der Waals surface area contributed by atoms with Crippen molar-refractivity contribution in [3.63, 3.8) is 0 Å². The molecule has 0 aromatic heterocycles. The van der Waals surface area contributed by atoms with Gasteiger partial charge in [-0.15, -0.1) is 0 Å². The average Bonchev–Trinajstić information content (AvgIpc) is 4.18. The molecular weight excluding hydrogens is 951 g/mol. The van der Waals surface area contributed by atoms with Crippen LogP contribution in [0.5, 0.6) is 0 Å². The van der Waals surface area contributed by atoms with Crippen molar-refractivity contribution in [1.82, 2.24) is 0 Å². The first kappa shape index (κ1) is 60.1. The van der Waals surface area contributed by atoms with Gasteiger partial charge in [0.1, 0.15) is 0 Å². The minimum absolute atomic E-state index is 0.0960. The Hall–Kier alpha value is -4.15. The van der Waals surface area contributed by atoms with E-state index in [4.69, 9.17) is 54.2 Å². The normalized spacial score (nSPS) is 38.8. The van der Waals surface area contributed by atoms with Crippen LogP contribution in [0.2, 0.25) is 0 Å². The van der Waals surface area contributed by atoms with Gasteiger partial charge in [-0.25, -0.2) is 0 Å². The maximum absolute atomic E-state index is 10.8. The van der Waals surface area contributed by atoms with Gasteiger partial charge in [-0.05, 0) is 222 Å². The number of carboxylic acids is 5. The summed E-state index contributed by atoms with van der Waals surface area (Å²) < 4.78 is 0. The second kappa shape index (κ2) is 24.7. The second-order valence-corrected chi connectivity index (χ2v) is 25.1. The minimum Gasteiger partial charge on any atom is -0.481 e. The first-order valence-corrected chi connectivity index (χ1v) is 28.6. The lowest BCUT2D eigenvalue weighted by atomic mass is 9.53. The Morgan fingerprint density at radius 3 is 0.867 bits per heavy atom. The number of carbonyl (C=O) groups is 5. The highest BCUT2D eigenvalue weighted by atomic mass is 16.4. The third kappa shape index (κ3) is 12.4. The monoisotopic (exact) mass is 1050 g/mol. The summed E-state index contributed by atoms with van der Waals surface area (Å²) in [5.41, 5.74) is 35.7. The first-order valence-electron chi connectivity index (χ1n) is 28.6. The van der Waals surface area contributed by atoms with Gasteiger partial charge in [0.25, 0.3) is 0 Å². The fraction of sp³-hybridized carbons (Fsp3) is 0.750. The summed E-state index contributed by atoms with van der Waals surface area (Å²) in [6.45, 7) is 13.3. The van der Waals surface area contributed by atoms with Crippen molar-refractivity contribution in [3.8, 4) is 0 Å². The number of hydrogen-bond donors (Lipinski definition) is 10. The highest BCUT2D eigenvalue weighted by molar-refractivity contribution is 5.70. The topological polar surface area (TPSA) is 317 Å². The molecule has 0 bridgehead atoms. The van der Waals surface area contributed by atoms with E-state index in [1.165, 1.54) is 60.0 Å². The lowest BCUT2D eigenvalue weighted by molar-refractivity contribution is -0.146. The molecule has 0 radical (unpaired) electrons. The van der Waals surface area contributed by atoms with Gasteiger partial charge in [0.05, 0.1) is 32.1 Å². The molecule has 10 rings (SSSR count). The number of hydrogen-bond acceptors (Lipinski definition) is 10. The largest absolute Gasteiger partial charge is 0.481 e. The molecule has 0 saturated heterocycles. The van der Waals surface area contributed by atoms with E-state index in [0.29, 0.717) is 91.9 Å². The van der Waals surface area contributed by atoms with Gasteiger partial charge in [-0.2, -0.15) is 0 Å². The summed E-state index contributed by atoms with van der Waals surface area (Å²) in [7, 11) is 0. The molecule has 6 fully saturated rings. The van der Waals surface area contributed by atoms with Crippen LogP contribution >= 0.6 is 0 Å². The zero-order chi connectivity index (χ0) is 55.3. The number of aliphatic carboxylic acids is 5. The lowest BCUT2D eigenvalue weighted by Gasteiger charge is -2.51. The van der Waals surface area contributed by atoms with Gasteiger partial charge in [-0.3, -0.25) is 24.0 Å². The minimum atomic E-state index is -0.711. The molecule has 0 aromatic carbocycles. The van der Waals surface area contributed by atoms with E-state index in [2.05, 4.69) is 65.0 Å². The molecule has 0 aliphatic heterocycles. The molecule has 15 N–H and O–H groups in total. The number of fused-ring (bicyclic) bond motifs is 5. The number of nitrogens with two attached hydrogens (primary N) is 5. The molecule has 15 heteroatoms. The molecule has 75 heavy (non-hydrogen) atoms. The molecule has 0 heterocycles. The van der Waals surface area contributed by atoms with E-state index in [0.717, 1.165) is 64.2 Å². The summed E-state index contributed by atoms with van der Waals surface area (Å²) in [4.78, 5) is 54.2. The van der Waals surface area contributed by atoms with E-state index in [1.807, 2.05) is 0 Å². The van der Waals surface area contributed by atoms with Crippen molar-refractivity contribution in [2.45, 2.75) is 163 Å². The Kier molecular flexibility index (Phi) is 19.8. The number of rotatable bonds is 19. The third-order valence-electron chi connectivity index (χ3n) is 21.1. The molecule has 10 aliphatic carbocycles. The van der Waals surface area contributed by atoms with Crippen LogP contribution in [0.3, 0.4) is 0 Å². The maximum atomic E-state index is 10.8. The fourth-order valence-electron chi connectivity index (χ4n) is 16.9. The van der Waals surface area contributed by atoms with Crippen LogP contribution < -0.4 is 28.7 Å². The molecule has 15 atom stereocenters. The van der Waals surface area contributed by atoms with Crippen LogP contribution in [0.15, 0.2) is 58.2 Å². The summed E-state index contributed by atoms with van der Waals surface area (Å²) in [5, 5.41) is 44.6. The number of carboxylic acid groups (broad SMARTS) is 5. The second-order valence-electron chi connectivity index (χ2n) is 25.1. The van der Waals surface area contributed by atoms with Crippen LogP contribution in [0.1, 0.15) is 163 Å². The van der Waals surface area contributed by atoms with Crippen molar-refractivity contribution in [1.29, 1.82) is 0 Å². The van der Waals surface area contributed by atoms with Crippen LogP contribution in [-0.2, 0) is 24.0 Å². The van der Waals surface area contributed by atoms with Gasteiger partial charge >= 0.3 is 29.8 Å². The Labute approximate surface area is 446 Å². The molecule has 0 amide bonds. The molecule has 420 valence electrons.